The number of nitrogens with one attached hydrogen (secondary N) is 1. The van der Waals surface area contributed by atoms with E-state index in [1.807, 2.05) is 30.3 Å². The Morgan fingerprint density at radius 1 is 1.28 bits per heavy atom. The molecule has 1 N–H and O–H groups in total. The van der Waals surface area contributed by atoms with Gasteiger partial charge in [0.25, 0.3) is 0 Å². The van der Waals surface area contributed by atoms with Crippen molar-refractivity contribution in [2.45, 2.75) is 18.9 Å². The highest BCUT2D eigenvalue weighted by Crippen LogP contribution is 2.21. The third kappa shape index (κ3) is 4.54. The minimum absolute atomic E-state index is 0.0502. The molecule has 0 unspecified atom stereocenters. The number of anilines is 1. The van der Waals surface area contributed by atoms with Crippen molar-refractivity contribution in [3.8, 4) is 0 Å². The quantitative estimate of drug-likeness (QED) is 0.873. The van der Waals surface area contributed by atoms with Gasteiger partial charge in [-0.25, -0.2) is 9.97 Å². The summed E-state index contributed by atoms with van der Waals surface area (Å²) in [4.78, 5) is 23.2. The lowest BCUT2D eigenvalue weighted by Gasteiger charge is -2.32. The number of benzene rings is 1. The highest BCUT2D eigenvalue weighted by molar-refractivity contribution is 5.79. The van der Waals surface area contributed by atoms with Crippen molar-refractivity contribution in [3.05, 3.63) is 54.4 Å². The highest BCUT2D eigenvalue weighted by Gasteiger charge is 2.27. The predicted molar refractivity (Wildman–Crippen MR) is 96.2 cm³/mol. The molecule has 0 bridgehead atoms. The lowest BCUT2D eigenvalue weighted by Crippen LogP contribution is -2.44. The van der Waals surface area contributed by atoms with Crippen molar-refractivity contribution in [2.24, 2.45) is 5.92 Å². The lowest BCUT2D eigenvalue weighted by atomic mass is 9.97. The zero-order valence-corrected chi connectivity index (χ0v) is 14.5. The summed E-state index contributed by atoms with van der Waals surface area (Å²) in [5.41, 5.74) is 1.06. The number of nitrogens with zero attached hydrogens (tertiary/aromatic N) is 3. The van der Waals surface area contributed by atoms with Crippen LogP contribution in [0.15, 0.2) is 48.8 Å². The molecule has 2 atom stereocenters. The molecule has 1 saturated heterocycles. The first-order valence-corrected chi connectivity index (χ1v) is 8.65. The fourth-order valence-electron chi connectivity index (χ4n) is 3.17. The summed E-state index contributed by atoms with van der Waals surface area (Å²) in [5.74, 6) is 0.712. The molecule has 3 rings (SSSR count). The molecule has 25 heavy (non-hydrogen) atoms. The molecule has 2 aromatic rings. The number of carbonyl (C=O) groups is 1. The van der Waals surface area contributed by atoms with Crippen LogP contribution >= 0.6 is 0 Å². The zero-order valence-electron chi connectivity index (χ0n) is 14.5. The van der Waals surface area contributed by atoms with Crippen molar-refractivity contribution in [2.75, 3.05) is 31.6 Å². The predicted octanol–water partition coefficient (Wildman–Crippen LogP) is 2.20. The maximum Gasteiger partial charge on any atom is 0.225 e. The maximum atomic E-state index is 12.6. The van der Waals surface area contributed by atoms with Crippen LogP contribution in [0, 0.1) is 5.92 Å². The topological polar surface area (TPSA) is 67.3 Å². The number of hydrogen-bond acceptors (Lipinski definition) is 5. The lowest BCUT2D eigenvalue weighted by molar-refractivity contribution is -0.125. The number of rotatable bonds is 6. The van der Waals surface area contributed by atoms with Gasteiger partial charge in [0, 0.05) is 39.1 Å². The molecule has 6 nitrogen and oxygen atoms in total. The molecule has 2 heterocycles. The van der Waals surface area contributed by atoms with Gasteiger partial charge in [-0.05, 0) is 24.5 Å². The van der Waals surface area contributed by atoms with E-state index >= 15 is 0 Å². The fraction of sp³-hybridized carbons (Fsp3) is 0.421. The Morgan fingerprint density at radius 2 is 2.04 bits per heavy atom. The van der Waals surface area contributed by atoms with Gasteiger partial charge in [-0.2, -0.15) is 0 Å². The Bertz CT molecular complexity index is 666. The molecule has 1 aromatic carbocycles. The van der Waals surface area contributed by atoms with E-state index in [4.69, 9.17) is 4.74 Å². The average Bonchev–Trinajstić information content (AvgIpc) is 2.70. The van der Waals surface area contributed by atoms with Gasteiger partial charge in [0.05, 0.1) is 12.0 Å². The summed E-state index contributed by atoms with van der Waals surface area (Å²) >= 11 is 0. The largest absolute Gasteiger partial charge is 0.375 e. The smallest absolute Gasteiger partial charge is 0.225 e. The molecule has 1 aliphatic rings. The summed E-state index contributed by atoms with van der Waals surface area (Å²) in [6, 6.07) is 11.7. The van der Waals surface area contributed by atoms with Gasteiger partial charge in [-0.15, -0.1) is 0 Å². The fourth-order valence-corrected chi connectivity index (χ4v) is 3.17. The number of amides is 1. The Kier molecular flexibility index (Phi) is 5.95. The first-order valence-electron chi connectivity index (χ1n) is 8.65. The van der Waals surface area contributed by atoms with E-state index in [-0.39, 0.29) is 17.9 Å². The van der Waals surface area contributed by atoms with Crippen molar-refractivity contribution >= 4 is 11.9 Å². The average molecular weight is 340 g/mol. The minimum Gasteiger partial charge on any atom is -0.375 e. The summed E-state index contributed by atoms with van der Waals surface area (Å²) in [7, 11) is 1.67. The van der Waals surface area contributed by atoms with Crippen LogP contribution in [0.5, 0.6) is 0 Å². The van der Waals surface area contributed by atoms with Crippen LogP contribution in [0.2, 0.25) is 0 Å². The number of methoxy groups -OCH3 is 1. The van der Waals surface area contributed by atoms with Crippen LogP contribution in [0.4, 0.5) is 5.95 Å². The third-order valence-corrected chi connectivity index (χ3v) is 4.54. The molecule has 6 heteroatoms. The van der Waals surface area contributed by atoms with Gasteiger partial charge < -0.3 is 15.0 Å². The van der Waals surface area contributed by atoms with E-state index in [9.17, 15) is 4.79 Å². The standard InChI is InChI=1S/C19H24N4O2/c1-25-17(15-7-3-2-4-8-15)13-22-18(24)16-9-5-12-23(14-16)19-20-10-6-11-21-19/h2-4,6-8,10-11,16-17H,5,9,12-14H2,1H3,(H,22,24)/t16-,17-/m0/s1. The Morgan fingerprint density at radius 3 is 2.76 bits per heavy atom. The zero-order chi connectivity index (χ0) is 17.5. The van der Waals surface area contributed by atoms with Gasteiger partial charge in [0.2, 0.25) is 11.9 Å². The molecular weight excluding hydrogens is 316 g/mol. The van der Waals surface area contributed by atoms with Crippen LogP contribution in [-0.4, -0.2) is 42.6 Å². The summed E-state index contributed by atoms with van der Waals surface area (Å²) in [6.07, 6.45) is 5.17. The van der Waals surface area contributed by atoms with Crippen molar-refractivity contribution in [1.29, 1.82) is 0 Å². The van der Waals surface area contributed by atoms with Gasteiger partial charge in [0.15, 0.2) is 0 Å². The van der Waals surface area contributed by atoms with E-state index in [0.29, 0.717) is 19.0 Å². The van der Waals surface area contributed by atoms with Crippen molar-refractivity contribution in [1.82, 2.24) is 15.3 Å². The van der Waals surface area contributed by atoms with Gasteiger partial charge in [-0.3, -0.25) is 4.79 Å². The second kappa shape index (κ2) is 8.58. The molecule has 1 aliphatic heterocycles. The van der Waals surface area contributed by atoms with Crippen molar-refractivity contribution in [3.63, 3.8) is 0 Å². The maximum absolute atomic E-state index is 12.6. The summed E-state index contributed by atoms with van der Waals surface area (Å²) in [6.45, 7) is 2.01. The van der Waals surface area contributed by atoms with Crippen molar-refractivity contribution < 1.29 is 9.53 Å². The molecule has 0 radical (unpaired) electrons. The van der Waals surface area contributed by atoms with E-state index in [0.717, 1.165) is 24.9 Å². The van der Waals surface area contributed by atoms with E-state index < -0.39 is 0 Å². The Hall–Kier alpha value is -2.47. The van der Waals surface area contributed by atoms with Gasteiger partial charge in [-0.1, -0.05) is 30.3 Å². The summed E-state index contributed by atoms with van der Waals surface area (Å²) in [5, 5.41) is 3.04. The Balaban J connectivity index is 1.55. The van der Waals surface area contributed by atoms with Gasteiger partial charge >= 0.3 is 0 Å². The monoisotopic (exact) mass is 340 g/mol. The van der Waals surface area contributed by atoms with Gasteiger partial charge in [0.1, 0.15) is 0 Å². The van der Waals surface area contributed by atoms with Crippen LogP contribution in [-0.2, 0) is 9.53 Å². The molecular formula is C19H24N4O2. The number of ether oxygens (including phenoxy) is 1. The van der Waals surface area contributed by atoms with E-state index in [2.05, 4.69) is 20.2 Å². The number of hydrogen-bond donors (Lipinski definition) is 1. The molecule has 1 aromatic heterocycles. The first kappa shape index (κ1) is 17.4. The van der Waals surface area contributed by atoms with Crippen LogP contribution < -0.4 is 10.2 Å². The minimum atomic E-state index is -0.137. The molecule has 132 valence electrons. The molecule has 1 fully saturated rings. The van der Waals surface area contributed by atoms with E-state index in [1.54, 1.807) is 25.6 Å². The van der Waals surface area contributed by atoms with Crippen LogP contribution in [0.1, 0.15) is 24.5 Å². The summed E-state index contributed by atoms with van der Waals surface area (Å²) < 4.78 is 5.52. The normalized spacial score (nSPS) is 18.6. The van der Waals surface area contributed by atoms with E-state index in [1.165, 1.54) is 0 Å². The van der Waals surface area contributed by atoms with Crippen LogP contribution in [0.25, 0.3) is 0 Å². The SMILES string of the molecule is CO[C@@H](CNC(=O)[C@H]1CCCN(c2ncccn2)C1)c1ccccc1. The molecule has 0 saturated carbocycles. The molecule has 0 spiro atoms. The number of carbonyl (C=O) groups excluding carboxylic acids is 1. The first-order chi connectivity index (χ1) is 12.3. The second-order valence-electron chi connectivity index (χ2n) is 6.21. The van der Waals surface area contributed by atoms with Crippen LogP contribution in [0.3, 0.4) is 0 Å². The highest BCUT2D eigenvalue weighted by atomic mass is 16.5. The second-order valence-corrected chi connectivity index (χ2v) is 6.21. The number of piperidine rings is 1. The molecule has 0 aliphatic carbocycles. The third-order valence-electron chi connectivity index (χ3n) is 4.54. The molecule has 1 amide bonds. The number of aromatic nitrogens is 2. The Labute approximate surface area is 148 Å².